The Labute approximate surface area is 88.9 Å². The van der Waals surface area contributed by atoms with E-state index in [-0.39, 0.29) is 5.82 Å². The maximum atomic E-state index is 12.1. The third kappa shape index (κ3) is 2.23. The maximum absolute atomic E-state index is 12.1. The van der Waals surface area contributed by atoms with Gasteiger partial charge >= 0.3 is 6.18 Å². The molecule has 0 saturated carbocycles. The van der Waals surface area contributed by atoms with Gasteiger partial charge in [0.15, 0.2) is 0 Å². The van der Waals surface area contributed by atoms with Crippen LogP contribution < -0.4 is 5.32 Å². The molecule has 0 amide bonds. The summed E-state index contributed by atoms with van der Waals surface area (Å²) >= 11 is 0. The molecule has 0 radical (unpaired) electrons. The molecule has 4 nitrogen and oxygen atoms in total. The highest BCUT2D eigenvalue weighted by molar-refractivity contribution is 5.86. The third-order valence-corrected chi connectivity index (χ3v) is 1.98. The Morgan fingerprint density at radius 3 is 2.81 bits per heavy atom. The average Bonchev–Trinajstić information content (AvgIpc) is 2.60. The summed E-state index contributed by atoms with van der Waals surface area (Å²) in [5, 5.41) is 2.81. The predicted molar refractivity (Wildman–Crippen MR) is 53.2 cm³/mol. The highest BCUT2D eigenvalue weighted by atomic mass is 19.4. The van der Waals surface area contributed by atoms with Crippen LogP contribution in [0.5, 0.6) is 0 Å². The van der Waals surface area contributed by atoms with Gasteiger partial charge in [-0.1, -0.05) is 0 Å². The van der Waals surface area contributed by atoms with Crippen LogP contribution in [0.4, 0.5) is 19.0 Å². The molecule has 2 aromatic rings. The Morgan fingerprint density at radius 2 is 2.12 bits per heavy atom. The Bertz CT molecular complexity index is 503. The number of fused-ring (bicyclic) bond motifs is 1. The molecule has 2 heterocycles. The van der Waals surface area contributed by atoms with Gasteiger partial charge in [0.25, 0.3) is 0 Å². The van der Waals surface area contributed by atoms with Crippen LogP contribution in [0.25, 0.3) is 11.0 Å². The van der Waals surface area contributed by atoms with Gasteiger partial charge in [0.05, 0.1) is 5.39 Å². The normalized spacial score (nSPS) is 12.0. The van der Waals surface area contributed by atoms with E-state index in [4.69, 9.17) is 0 Å². The lowest BCUT2D eigenvalue weighted by Crippen LogP contribution is -2.22. The van der Waals surface area contributed by atoms with Crippen molar-refractivity contribution in [1.29, 1.82) is 0 Å². The molecule has 0 atom stereocenters. The molecule has 2 aromatic heterocycles. The van der Waals surface area contributed by atoms with Crippen LogP contribution >= 0.6 is 0 Å². The zero-order valence-corrected chi connectivity index (χ0v) is 8.39. The molecule has 86 valence electrons. The molecular weight excluding hydrogens is 221 g/mol. The van der Waals surface area contributed by atoms with Crippen molar-refractivity contribution in [2.75, 3.05) is 11.9 Å². The Balaban J connectivity index is 2.32. The van der Waals surface area contributed by atoms with E-state index in [1.807, 2.05) is 0 Å². The van der Waals surface area contributed by atoms with Gasteiger partial charge in [0.2, 0.25) is 0 Å². The third-order valence-electron chi connectivity index (χ3n) is 1.98. The quantitative estimate of drug-likeness (QED) is 0.831. The first-order valence-corrected chi connectivity index (χ1v) is 4.58. The minimum atomic E-state index is -4.26. The highest BCUT2D eigenvalue weighted by Gasteiger charge is 2.27. The minimum absolute atomic E-state index is 0.195. The summed E-state index contributed by atoms with van der Waals surface area (Å²) in [7, 11) is 0. The van der Waals surface area contributed by atoms with Gasteiger partial charge in [0, 0.05) is 6.20 Å². The fourth-order valence-electron chi connectivity index (χ4n) is 1.37. The second kappa shape index (κ2) is 3.66. The average molecular weight is 230 g/mol. The summed E-state index contributed by atoms with van der Waals surface area (Å²) < 4.78 is 36.2. The van der Waals surface area contributed by atoms with Gasteiger partial charge in [-0.15, -0.1) is 0 Å². The SMILES string of the molecule is Cc1nc(NCC(F)(F)F)c2cc[nH]c2n1. The number of nitrogens with zero attached hydrogens (tertiary/aromatic N) is 2. The lowest BCUT2D eigenvalue weighted by Gasteiger charge is -2.09. The molecule has 0 saturated heterocycles. The number of alkyl halides is 3. The zero-order valence-electron chi connectivity index (χ0n) is 8.39. The van der Waals surface area contributed by atoms with E-state index < -0.39 is 12.7 Å². The van der Waals surface area contributed by atoms with E-state index in [1.165, 1.54) is 0 Å². The number of aromatic nitrogens is 3. The molecule has 0 aliphatic heterocycles. The van der Waals surface area contributed by atoms with Crippen LogP contribution in [-0.4, -0.2) is 27.7 Å². The summed E-state index contributed by atoms with van der Waals surface area (Å²) in [6, 6.07) is 1.63. The van der Waals surface area contributed by atoms with Crippen molar-refractivity contribution in [3.63, 3.8) is 0 Å². The van der Waals surface area contributed by atoms with Crippen LogP contribution in [0.15, 0.2) is 12.3 Å². The van der Waals surface area contributed by atoms with Gasteiger partial charge in [-0.2, -0.15) is 13.2 Å². The highest BCUT2D eigenvalue weighted by Crippen LogP contribution is 2.21. The van der Waals surface area contributed by atoms with Crippen molar-refractivity contribution < 1.29 is 13.2 Å². The lowest BCUT2D eigenvalue weighted by atomic mass is 10.3. The minimum Gasteiger partial charge on any atom is -0.361 e. The molecule has 16 heavy (non-hydrogen) atoms. The first-order valence-electron chi connectivity index (χ1n) is 4.58. The van der Waals surface area contributed by atoms with Crippen molar-refractivity contribution in [3.8, 4) is 0 Å². The van der Waals surface area contributed by atoms with Crippen LogP contribution in [-0.2, 0) is 0 Å². The summed E-state index contributed by atoms with van der Waals surface area (Å²) in [4.78, 5) is 10.8. The molecule has 0 bridgehead atoms. The Hall–Kier alpha value is -1.79. The number of H-pyrrole nitrogens is 1. The number of aryl methyl sites for hydroxylation is 1. The van der Waals surface area contributed by atoms with E-state index in [0.29, 0.717) is 16.9 Å². The van der Waals surface area contributed by atoms with Crippen molar-refractivity contribution >= 4 is 16.9 Å². The Morgan fingerprint density at radius 1 is 1.38 bits per heavy atom. The molecule has 2 rings (SSSR count). The van der Waals surface area contributed by atoms with Gasteiger partial charge in [-0.3, -0.25) is 0 Å². The van der Waals surface area contributed by atoms with E-state index in [1.54, 1.807) is 19.2 Å². The van der Waals surface area contributed by atoms with Gasteiger partial charge < -0.3 is 10.3 Å². The molecular formula is C9H9F3N4. The monoisotopic (exact) mass is 230 g/mol. The number of aromatic amines is 1. The second-order valence-electron chi connectivity index (χ2n) is 3.33. The van der Waals surface area contributed by atoms with Crippen molar-refractivity contribution in [3.05, 3.63) is 18.1 Å². The summed E-state index contributed by atoms with van der Waals surface area (Å²) in [6.45, 7) is 0.517. The largest absolute Gasteiger partial charge is 0.405 e. The number of nitrogens with one attached hydrogen (secondary N) is 2. The Kier molecular flexibility index (Phi) is 2.45. The zero-order chi connectivity index (χ0) is 11.8. The predicted octanol–water partition coefficient (Wildman–Crippen LogP) is 2.24. The van der Waals surface area contributed by atoms with E-state index in [9.17, 15) is 13.2 Å². The van der Waals surface area contributed by atoms with E-state index >= 15 is 0 Å². The summed E-state index contributed by atoms with van der Waals surface area (Å²) in [5.41, 5.74) is 0.525. The molecule has 0 spiro atoms. The van der Waals surface area contributed by atoms with Crippen molar-refractivity contribution in [2.24, 2.45) is 0 Å². The van der Waals surface area contributed by atoms with Crippen LogP contribution in [0.2, 0.25) is 0 Å². The number of halogens is 3. The number of anilines is 1. The maximum Gasteiger partial charge on any atom is 0.405 e. The smallest absolute Gasteiger partial charge is 0.361 e. The topological polar surface area (TPSA) is 53.6 Å². The molecule has 7 heteroatoms. The number of rotatable bonds is 2. The summed E-state index contributed by atoms with van der Waals surface area (Å²) in [6.07, 6.45) is -2.65. The van der Waals surface area contributed by atoms with Crippen LogP contribution in [0.3, 0.4) is 0 Å². The molecule has 0 aliphatic carbocycles. The molecule has 0 aliphatic rings. The molecule has 0 unspecified atom stereocenters. The van der Waals surface area contributed by atoms with Gasteiger partial charge in [-0.25, -0.2) is 9.97 Å². The molecule has 2 N–H and O–H groups in total. The number of hydrogen-bond acceptors (Lipinski definition) is 3. The lowest BCUT2D eigenvalue weighted by molar-refractivity contribution is -0.115. The fraction of sp³-hybridized carbons (Fsp3) is 0.333. The van der Waals surface area contributed by atoms with E-state index in [0.717, 1.165) is 0 Å². The first-order chi connectivity index (χ1) is 7.46. The van der Waals surface area contributed by atoms with Crippen LogP contribution in [0, 0.1) is 6.92 Å². The fourth-order valence-corrected chi connectivity index (χ4v) is 1.37. The van der Waals surface area contributed by atoms with Gasteiger partial charge in [-0.05, 0) is 13.0 Å². The van der Waals surface area contributed by atoms with Crippen molar-refractivity contribution in [1.82, 2.24) is 15.0 Å². The van der Waals surface area contributed by atoms with Gasteiger partial charge in [0.1, 0.15) is 23.8 Å². The van der Waals surface area contributed by atoms with Crippen molar-refractivity contribution in [2.45, 2.75) is 13.1 Å². The summed E-state index contributed by atoms with van der Waals surface area (Å²) in [5.74, 6) is 0.612. The second-order valence-corrected chi connectivity index (χ2v) is 3.33. The van der Waals surface area contributed by atoms with E-state index in [2.05, 4.69) is 20.3 Å². The number of hydrogen-bond donors (Lipinski definition) is 2. The first kappa shape index (κ1) is 10.7. The van der Waals surface area contributed by atoms with Crippen LogP contribution in [0.1, 0.15) is 5.82 Å². The standard InChI is InChI=1S/C9H9F3N4/c1-5-15-7-6(2-3-13-7)8(16-5)14-4-9(10,11)12/h2-3H,4H2,1H3,(H2,13,14,15,16). The molecule has 0 aromatic carbocycles. The molecule has 0 fully saturated rings.